The van der Waals surface area contributed by atoms with Crippen molar-refractivity contribution in [3.8, 4) is 0 Å². The zero-order valence-electron chi connectivity index (χ0n) is 7.10. The molecule has 1 fully saturated rings. The predicted octanol–water partition coefficient (Wildman–Crippen LogP) is 1.05. The molecule has 0 unspecified atom stereocenters. The quantitative estimate of drug-likeness (QED) is 0.731. The molecule has 0 radical (unpaired) electrons. The molecule has 2 rings (SSSR count). The Labute approximate surface area is 77.8 Å². The first-order chi connectivity index (χ1) is 6.20. The summed E-state index contributed by atoms with van der Waals surface area (Å²) in [6.07, 6.45) is 0.673. The lowest BCUT2D eigenvalue weighted by Gasteiger charge is -2.07. The van der Waals surface area contributed by atoms with Crippen molar-refractivity contribution in [2.24, 2.45) is 0 Å². The second kappa shape index (κ2) is 3.12. The van der Waals surface area contributed by atoms with Gasteiger partial charge in [-0.3, -0.25) is 0 Å². The summed E-state index contributed by atoms with van der Waals surface area (Å²) in [7, 11) is -3.09. The van der Waals surface area contributed by atoms with Gasteiger partial charge in [-0.1, -0.05) is 30.3 Å². The molecule has 70 valence electrons. The Morgan fingerprint density at radius 1 is 1.23 bits per heavy atom. The van der Waals surface area contributed by atoms with Crippen LogP contribution in [0.25, 0.3) is 0 Å². The van der Waals surface area contributed by atoms with E-state index in [1.807, 2.05) is 30.3 Å². The number of hydrogen-bond donors (Lipinski definition) is 1. The van der Waals surface area contributed by atoms with Crippen molar-refractivity contribution in [3.63, 3.8) is 0 Å². The molecule has 1 aliphatic heterocycles. The van der Waals surface area contributed by atoms with E-state index in [0.29, 0.717) is 13.0 Å². The fourth-order valence-electron chi connectivity index (χ4n) is 1.60. The second-order valence-electron chi connectivity index (χ2n) is 3.13. The number of hydrogen-bond acceptors (Lipinski definition) is 2. The van der Waals surface area contributed by atoms with Gasteiger partial charge in [-0.25, -0.2) is 13.1 Å². The first-order valence-corrected chi connectivity index (χ1v) is 5.78. The van der Waals surface area contributed by atoms with Crippen LogP contribution < -0.4 is 4.72 Å². The summed E-state index contributed by atoms with van der Waals surface area (Å²) in [6, 6.07) is 9.33. The van der Waals surface area contributed by atoms with Crippen molar-refractivity contribution in [2.75, 3.05) is 6.54 Å². The van der Waals surface area contributed by atoms with Gasteiger partial charge in [-0.15, -0.1) is 0 Å². The molecule has 0 amide bonds. The fourth-order valence-corrected chi connectivity index (χ4v) is 3.15. The molecule has 1 aromatic carbocycles. The molecule has 1 aliphatic rings. The smallest absolute Gasteiger partial charge is 0.215 e. The monoisotopic (exact) mass is 197 g/mol. The van der Waals surface area contributed by atoms with Crippen LogP contribution in [0.3, 0.4) is 0 Å². The first kappa shape index (κ1) is 8.72. The van der Waals surface area contributed by atoms with E-state index >= 15 is 0 Å². The van der Waals surface area contributed by atoms with Crippen LogP contribution in [-0.2, 0) is 10.0 Å². The zero-order chi connectivity index (χ0) is 9.31. The third kappa shape index (κ3) is 1.59. The SMILES string of the molecule is O=S1(=O)NCC[C@H]1c1ccccc1. The molecule has 1 atom stereocenters. The zero-order valence-corrected chi connectivity index (χ0v) is 7.92. The molecule has 0 saturated carbocycles. The molecule has 1 aromatic rings. The predicted molar refractivity (Wildman–Crippen MR) is 50.7 cm³/mol. The number of nitrogens with one attached hydrogen (secondary N) is 1. The third-order valence-corrected chi connectivity index (χ3v) is 4.12. The Morgan fingerprint density at radius 3 is 2.46 bits per heavy atom. The molecule has 3 nitrogen and oxygen atoms in total. The minimum Gasteiger partial charge on any atom is -0.215 e. The summed E-state index contributed by atoms with van der Waals surface area (Å²) in [5.74, 6) is 0. The topological polar surface area (TPSA) is 46.2 Å². The highest BCUT2D eigenvalue weighted by atomic mass is 32.2. The normalized spacial score (nSPS) is 26.0. The molecule has 1 N–H and O–H groups in total. The van der Waals surface area contributed by atoms with Gasteiger partial charge < -0.3 is 0 Å². The Bertz CT molecular complexity index is 385. The largest absolute Gasteiger partial charge is 0.218 e. The van der Waals surface area contributed by atoms with Crippen LogP contribution in [0.1, 0.15) is 17.2 Å². The van der Waals surface area contributed by atoms with Gasteiger partial charge in [-0.2, -0.15) is 0 Å². The minimum atomic E-state index is -3.09. The molecule has 0 bridgehead atoms. The van der Waals surface area contributed by atoms with E-state index in [1.165, 1.54) is 0 Å². The molecular formula is C9H11NO2S. The number of benzene rings is 1. The summed E-state index contributed by atoms with van der Waals surface area (Å²) in [4.78, 5) is 0. The summed E-state index contributed by atoms with van der Waals surface area (Å²) >= 11 is 0. The molecule has 1 saturated heterocycles. The molecule has 4 heteroatoms. The van der Waals surface area contributed by atoms with Gasteiger partial charge in [0.15, 0.2) is 0 Å². The van der Waals surface area contributed by atoms with Crippen LogP contribution in [0.5, 0.6) is 0 Å². The first-order valence-electron chi connectivity index (χ1n) is 4.23. The Balaban J connectivity index is 2.38. The summed E-state index contributed by atoms with van der Waals surface area (Å²) < 4.78 is 25.4. The maximum absolute atomic E-state index is 11.5. The van der Waals surface area contributed by atoms with E-state index in [2.05, 4.69) is 4.72 Å². The lowest BCUT2D eigenvalue weighted by molar-refractivity contribution is 0.586. The van der Waals surface area contributed by atoms with Crippen LogP contribution in [0.2, 0.25) is 0 Å². The van der Waals surface area contributed by atoms with Gasteiger partial charge in [0.05, 0.1) is 0 Å². The van der Waals surface area contributed by atoms with Crippen molar-refractivity contribution < 1.29 is 8.42 Å². The van der Waals surface area contributed by atoms with Gasteiger partial charge in [0, 0.05) is 6.54 Å². The van der Waals surface area contributed by atoms with E-state index in [4.69, 9.17) is 0 Å². The highest BCUT2D eigenvalue weighted by Crippen LogP contribution is 2.28. The van der Waals surface area contributed by atoms with Gasteiger partial charge in [0.25, 0.3) is 0 Å². The average molecular weight is 197 g/mol. The van der Waals surface area contributed by atoms with Crippen LogP contribution in [0.15, 0.2) is 30.3 Å². The molecule has 0 aromatic heterocycles. The van der Waals surface area contributed by atoms with E-state index in [9.17, 15) is 8.42 Å². The van der Waals surface area contributed by atoms with Crippen LogP contribution in [0.4, 0.5) is 0 Å². The summed E-state index contributed by atoms with van der Waals surface area (Å²) in [5.41, 5.74) is 0.882. The van der Waals surface area contributed by atoms with Crippen molar-refractivity contribution >= 4 is 10.0 Å². The summed E-state index contributed by atoms with van der Waals surface area (Å²) in [6.45, 7) is 0.557. The van der Waals surface area contributed by atoms with E-state index in [1.54, 1.807) is 0 Å². The molecule has 13 heavy (non-hydrogen) atoms. The van der Waals surface area contributed by atoms with Gasteiger partial charge in [-0.05, 0) is 12.0 Å². The molecule has 0 aliphatic carbocycles. The van der Waals surface area contributed by atoms with Crippen molar-refractivity contribution in [2.45, 2.75) is 11.7 Å². The lowest BCUT2D eigenvalue weighted by Crippen LogP contribution is -2.18. The fraction of sp³-hybridized carbons (Fsp3) is 0.333. The Morgan fingerprint density at radius 2 is 1.92 bits per heavy atom. The van der Waals surface area contributed by atoms with E-state index in [0.717, 1.165) is 5.56 Å². The molecular weight excluding hydrogens is 186 g/mol. The Hall–Kier alpha value is -0.870. The average Bonchev–Trinajstić information content (AvgIpc) is 2.47. The van der Waals surface area contributed by atoms with Crippen molar-refractivity contribution in [1.82, 2.24) is 4.72 Å². The summed E-state index contributed by atoms with van der Waals surface area (Å²) in [5, 5.41) is -0.353. The van der Waals surface area contributed by atoms with Crippen LogP contribution in [-0.4, -0.2) is 15.0 Å². The highest BCUT2D eigenvalue weighted by molar-refractivity contribution is 7.90. The molecule has 0 spiro atoms. The second-order valence-corrected chi connectivity index (χ2v) is 5.08. The molecule has 1 heterocycles. The van der Waals surface area contributed by atoms with Gasteiger partial charge >= 0.3 is 0 Å². The van der Waals surface area contributed by atoms with E-state index in [-0.39, 0.29) is 5.25 Å². The van der Waals surface area contributed by atoms with Gasteiger partial charge in [0.1, 0.15) is 5.25 Å². The Kier molecular flexibility index (Phi) is 2.09. The van der Waals surface area contributed by atoms with Crippen LogP contribution >= 0.6 is 0 Å². The van der Waals surface area contributed by atoms with Gasteiger partial charge in [0.2, 0.25) is 10.0 Å². The number of rotatable bonds is 1. The maximum Gasteiger partial charge on any atom is 0.218 e. The standard InChI is InChI=1S/C9H11NO2S/c11-13(12)9(6-7-10-13)8-4-2-1-3-5-8/h1-5,9-10H,6-7H2/t9-/m0/s1. The third-order valence-electron chi connectivity index (χ3n) is 2.26. The highest BCUT2D eigenvalue weighted by Gasteiger charge is 2.31. The van der Waals surface area contributed by atoms with Crippen LogP contribution in [0, 0.1) is 0 Å². The van der Waals surface area contributed by atoms with Crippen molar-refractivity contribution in [1.29, 1.82) is 0 Å². The minimum absolute atomic E-state index is 0.353. The lowest BCUT2D eigenvalue weighted by atomic mass is 10.1. The maximum atomic E-state index is 11.5. The number of sulfonamides is 1. The van der Waals surface area contributed by atoms with Crippen molar-refractivity contribution in [3.05, 3.63) is 35.9 Å². The van der Waals surface area contributed by atoms with E-state index < -0.39 is 10.0 Å².